The van der Waals surface area contributed by atoms with Crippen molar-refractivity contribution < 1.29 is 4.79 Å². The number of aromatic nitrogens is 6. The molecule has 0 aliphatic carbocycles. The molecule has 0 aliphatic heterocycles. The van der Waals surface area contributed by atoms with Gasteiger partial charge in [0.05, 0.1) is 24.1 Å². The number of hydrogen-bond donors (Lipinski definition) is 1. The third-order valence-electron chi connectivity index (χ3n) is 4.82. The lowest BCUT2D eigenvalue weighted by atomic mass is 10.2. The van der Waals surface area contributed by atoms with Gasteiger partial charge in [-0.15, -0.1) is 5.10 Å². The molecule has 0 spiro atoms. The third kappa shape index (κ3) is 4.51. The van der Waals surface area contributed by atoms with E-state index < -0.39 is 0 Å². The number of nitrogens with one attached hydrogen (secondary N) is 1. The van der Waals surface area contributed by atoms with Crippen LogP contribution in [0.2, 0.25) is 5.02 Å². The lowest BCUT2D eigenvalue weighted by Gasteiger charge is -2.06. The van der Waals surface area contributed by atoms with Crippen molar-refractivity contribution in [3.63, 3.8) is 0 Å². The normalized spacial score (nSPS) is 11.2. The highest BCUT2D eigenvalue weighted by molar-refractivity contribution is 6.31. The van der Waals surface area contributed by atoms with Crippen molar-refractivity contribution >= 4 is 23.7 Å². The smallest absolute Gasteiger partial charge is 0.267 e. The number of tetrazole rings is 1. The maximum Gasteiger partial charge on any atom is 0.271 e. The summed E-state index contributed by atoms with van der Waals surface area (Å²) in [4.78, 5) is 12.4. The van der Waals surface area contributed by atoms with Gasteiger partial charge in [0, 0.05) is 21.8 Å². The Hall–Kier alpha value is -3.85. The first-order valence-electron chi connectivity index (χ1n) is 9.47. The molecule has 0 saturated carbocycles. The van der Waals surface area contributed by atoms with Gasteiger partial charge < -0.3 is 0 Å². The van der Waals surface area contributed by atoms with E-state index in [1.807, 2.05) is 42.8 Å². The highest BCUT2D eigenvalue weighted by atomic mass is 35.5. The number of nitrogens with zero attached hydrogens (tertiary/aromatic N) is 7. The number of carbonyl (C=O) groups excluding carboxylic acids is 1. The minimum absolute atomic E-state index is 0.321. The Labute approximate surface area is 183 Å². The Morgan fingerprint density at radius 2 is 1.94 bits per heavy atom. The molecule has 1 amide bonds. The molecule has 2 heterocycles. The minimum atomic E-state index is -0.321. The van der Waals surface area contributed by atoms with Crippen LogP contribution in [0, 0.1) is 13.8 Å². The molecule has 4 aromatic rings. The zero-order valence-electron chi connectivity index (χ0n) is 16.9. The number of hydrogen-bond acceptors (Lipinski definition) is 6. The second-order valence-electron chi connectivity index (χ2n) is 6.83. The quantitative estimate of drug-likeness (QED) is 0.371. The van der Waals surface area contributed by atoms with E-state index in [9.17, 15) is 4.79 Å². The topological polar surface area (TPSA) is 103 Å². The average Bonchev–Trinajstić information content (AvgIpc) is 3.40. The van der Waals surface area contributed by atoms with Crippen LogP contribution in [-0.4, -0.2) is 42.1 Å². The molecule has 2 aromatic carbocycles. The first-order chi connectivity index (χ1) is 15.0. The summed E-state index contributed by atoms with van der Waals surface area (Å²) in [6.07, 6.45) is 3.09. The number of hydrazone groups is 1. The SMILES string of the molecule is Cc1nn(Cc2ccccc2Cl)c(C)c1/C=N/NC(=O)c1ccc(-n2cnnn2)cc1. The fourth-order valence-corrected chi connectivity index (χ4v) is 3.30. The Balaban J connectivity index is 1.43. The predicted octanol–water partition coefficient (Wildman–Crippen LogP) is 2.94. The summed E-state index contributed by atoms with van der Waals surface area (Å²) in [6.45, 7) is 4.41. The number of amides is 1. The van der Waals surface area contributed by atoms with Crippen molar-refractivity contribution in [3.8, 4) is 5.69 Å². The van der Waals surface area contributed by atoms with E-state index in [-0.39, 0.29) is 5.91 Å². The molecular formula is C21H19ClN8O. The molecule has 0 unspecified atom stereocenters. The van der Waals surface area contributed by atoms with Gasteiger partial charge in [-0.1, -0.05) is 29.8 Å². The Bertz CT molecular complexity index is 1230. The average molecular weight is 435 g/mol. The summed E-state index contributed by atoms with van der Waals surface area (Å²) < 4.78 is 3.38. The number of rotatable bonds is 6. The summed E-state index contributed by atoms with van der Waals surface area (Å²) in [5.74, 6) is -0.321. The first kappa shape index (κ1) is 20.4. The molecule has 0 fully saturated rings. The third-order valence-corrected chi connectivity index (χ3v) is 5.19. The van der Waals surface area contributed by atoms with Crippen LogP contribution in [-0.2, 0) is 6.54 Å². The van der Waals surface area contributed by atoms with Crippen molar-refractivity contribution in [1.29, 1.82) is 0 Å². The molecule has 4 rings (SSSR count). The van der Waals surface area contributed by atoms with Crippen LogP contribution in [0.15, 0.2) is 60.0 Å². The van der Waals surface area contributed by atoms with Gasteiger partial charge in [-0.25, -0.2) is 10.1 Å². The Morgan fingerprint density at radius 1 is 1.16 bits per heavy atom. The predicted molar refractivity (Wildman–Crippen MR) is 116 cm³/mol. The van der Waals surface area contributed by atoms with E-state index in [0.717, 1.165) is 28.2 Å². The van der Waals surface area contributed by atoms with Crippen LogP contribution < -0.4 is 5.43 Å². The number of aryl methyl sites for hydroxylation is 1. The van der Waals surface area contributed by atoms with Crippen LogP contribution in [0.5, 0.6) is 0 Å². The summed E-state index contributed by atoms with van der Waals surface area (Å²) in [5, 5.41) is 20.4. The number of benzene rings is 2. The van der Waals surface area contributed by atoms with Gasteiger partial charge in [0.15, 0.2) is 0 Å². The van der Waals surface area contributed by atoms with Crippen molar-refractivity contribution in [2.24, 2.45) is 5.10 Å². The number of halogens is 1. The van der Waals surface area contributed by atoms with Crippen molar-refractivity contribution in [2.75, 3.05) is 0 Å². The van der Waals surface area contributed by atoms with E-state index in [1.54, 1.807) is 30.5 Å². The van der Waals surface area contributed by atoms with Crippen molar-refractivity contribution in [1.82, 2.24) is 35.4 Å². The van der Waals surface area contributed by atoms with Crippen LogP contribution in [0.4, 0.5) is 0 Å². The van der Waals surface area contributed by atoms with Crippen LogP contribution in [0.3, 0.4) is 0 Å². The molecule has 156 valence electrons. The second kappa shape index (κ2) is 8.88. The van der Waals surface area contributed by atoms with Gasteiger partial charge in [0.1, 0.15) is 6.33 Å². The summed E-state index contributed by atoms with van der Waals surface area (Å²) in [5.41, 5.74) is 7.35. The van der Waals surface area contributed by atoms with Crippen LogP contribution in [0.25, 0.3) is 5.69 Å². The molecule has 31 heavy (non-hydrogen) atoms. The fraction of sp³-hybridized carbons (Fsp3) is 0.143. The van der Waals surface area contributed by atoms with E-state index in [1.165, 1.54) is 11.0 Å². The fourth-order valence-electron chi connectivity index (χ4n) is 3.10. The Kier molecular flexibility index (Phi) is 5.85. The summed E-state index contributed by atoms with van der Waals surface area (Å²) in [6, 6.07) is 14.5. The van der Waals surface area contributed by atoms with Crippen molar-refractivity contribution in [3.05, 3.63) is 88.0 Å². The molecule has 0 atom stereocenters. The molecule has 9 nitrogen and oxygen atoms in total. The molecule has 0 aliphatic rings. The van der Waals surface area contributed by atoms with Gasteiger partial charge in [-0.3, -0.25) is 9.48 Å². The maximum atomic E-state index is 12.4. The lowest BCUT2D eigenvalue weighted by molar-refractivity contribution is 0.0955. The number of carbonyl (C=O) groups is 1. The van der Waals surface area contributed by atoms with Gasteiger partial charge in [0.2, 0.25) is 0 Å². The molecule has 1 N–H and O–H groups in total. The highest BCUT2D eigenvalue weighted by Gasteiger charge is 2.12. The summed E-state index contributed by atoms with van der Waals surface area (Å²) in [7, 11) is 0. The molecule has 0 bridgehead atoms. The van der Waals surface area contributed by atoms with E-state index >= 15 is 0 Å². The highest BCUT2D eigenvalue weighted by Crippen LogP contribution is 2.18. The molecule has 0 saturated heterocycles. The molecule has 0 radical (unpaired) electrons. The van der Waals surface area contributed by atoms with E-state index in [0.29, 0.717) is 17.1 Å². The lowest BCUT2D eigenvalue weighted by Crippen LogP contribution is -2.17. The maximum absolute atomic E-state index is 12.4. The molecule has 10 heteroatoms. The zero-order chi connectivity index (χ0) is 21.8. The van der Waals surface area contributed by atoms with Gasteiger partial charge in [-0.05, 0) is 60.2 Å². The Morgan fingerprint density at radius 3 is 2.65 bits per heavy atom. The second-order valence-corrected chi connectivity index (χ2v) is 7.24. The van der Waals surface area contributed by atoms with Crippen LogP contribution >= 0.6 is 11.6 Å². The van der Waals surface area contributed by atoms with E-state index in [2.05, 4.69) is 31.2 Å². The van der Waals surface area contributed by atoms with Crippen LogP contribution in [0.1, 0.15) is 32.9 Å². The van der Waals surface area contributed by atoms with Gasteiger partial charge >= 0.3 is 0 Å². The zero-order valence-corrected chi connectivity index (χ0v) is 17.7. The van der Waals surface area contributed by atoms with Gasteiger partial charge in [-0.2, -0.15) is 10.2 Å². The van der Waals surface area contributed by atoms with Crippen molar-refractivity contribution in [2.45, 2.75) is 20.4 Å². The van der Waals surface area contributed by atoms with E-state index in [4.69, 9.17) is 11.6 Å². The molecule has 2 aromatic heterocycles. The standard InChI is InChI=1S/C21H19ClN8O/c1-14-19(15(2)29(26-14)12-17-5-3-4-6-20(17)22)11-23-25-21(31)16-7-9-18(10-8-16)30-13-24-27-28-30/h3-11,13H,12H2,1-2H3,(H,25,31)/b23-11+. The summed E-state index contributed by atoms with van der Waals surface area (Å²) >= 11 is 6.26. The monoisotopic (exact) mass is 434 g/mol. The largest absolute Gasteiger partial charge is 0.271 e. The first-order valence-corrected chi connectivity index (χ1v) is 9.85. The molecular weight excluding hydrogens is 416 g/mol. The minimum Gasteiger partial charge on any atom is -0.267 e. The van der Waals surface area contributed by atoms with Gasteiger partial charge in [0.25, 0.3) is 5.91 Å².